The second-order valence-corrected chi connectivity index (χ2v) is 6.78. The molecule has 0 aromatic carbocycles. The quantitative estimate of drug-likeness (QED) is 0.537. The van der Waals surface area contributed by atoms with Gasteiger partial charge in [0, 0.05) is 21.4 Å². The first kappa shape index (κ1) is 18.6. The fourth-order valence-electron chi connectivity index (χ4n) is 2.24. The molecule has 0 radical (unpaired) electrons. The Bertz CT molecular complexity index is 320. The number of carbonyl (C=O) groups excluding carboxylic acids is 1. The van der Waals surface area contributed by atoms with Crippen LogP contribution in [0.5, 0.6) is 0 Å². The Morgan fingerprint density at radius 3 is 2.85 bits per heavy atom. The Morgan fingerprint density at radius 2 is 2.35 bits per heavy atom. The van der Waals surface area contributed by atoms with Crippen molar-refractivity contribution >= 4 is 32.8 Å². The highest BCUT2D eigenvalue weighted by atomic mass is 32.0. The Labute approximate surface area is 127 Å². The Kier molecular flexibility index (Phi) is 8.30. The molecule has 0 aromatic rings. The zero-order chi connectivity index (χ0) is 15.2. The molecule has 5 unspecified atom stereocenters. The summed E-state index contributed by atoms with van der Waals surface area (Å²) in [6.07, 6.45) is 1.38. The molecule has 9 heteroatoms. The molecule has 5 atom stereocenters. The molecule has 1 amide bonds. The third-order valence-corrected chi connectivity index (χ3v) is 4.56. The Hall–Kier alpha value is 0.600. The molecule has 0 aliphatic carbocycles. The highest BCUT2D eigenvalue weighted by Gasteiger charge is 2.39. The molecule has 20 heavy (non-hydrogen) atoms. The average Bonchev–Trinajstić information content (AvgIpc) is 2.67. The van der Waals surface area contributed by atoms with E-state index in [4.69, 9.17) is 13.9 Å². The van der Waals surface area contributed by atoms with E-state index < -0.39 is 0 Å². The van der Waals surface area contributed by atoms with E-state index in [1.54, 1.807) is 0 Å². The normalized spacial score (nSPS) is 24.4. The number of hydrogen-bond acceptors (Lipinski definition) is 5. The summed E-state index contributed by atoms with van der Waals surface area (Å²) in [5, 5.41) is 0. The maximum absolute atomic E-state index is 12.1. The van der Waals surface area contributed by atoms with Gasteiger partial charge in [0.1, 0.15) is 5.72 Å². The van der Waals surface area contributed by atoms with Crippen molar-refractivity contribution in [3.8, 4) is 0 Å². The maximum Gasteiger partial charge on any atom is 0.247 e. The number of nitrogens with zero attached hydrogens (tertiary/aromatic N) is 1. The van der Waals surface area contributed by atoms with Crippen LogP contribution in [0.2, 0.25) is 0 Å². The molecular weight excluding hydrogens is 317 g/mol. The molecule has 0 saturated carbocycles. The number of hydroxylamine groups is 1. The lowest BCUT2D eigenvalue weighted by Crippen LogP contribution is -2.42. The third kappa shape index (κ3) is 5.42. The summed E-state index contributed by atoms with van der Waals surface area (Å²) in [6.45, 7) is 5.23. The summed E-state index contributed by atoms with van der Waals surface area (Å²) >= 11 is 0. The van der Waals surface area contributed by atoms with Crippen LogP contribution in [0.15, 0.2) is 0 Å². The van der Waals surface area contributed by atoms with Crippen LogP contribution >= 0.6 is 26.9 Å². The van der Waals surface area contributed by atoms with E-state index in [0.717, 1.165) is 6.42 Å². The number of hydrogen-bond donors (Lipinski definition) is 1. The van der Waals surface area contributed by atoms with Crippen molar-refractivity contribution in [3.63, 3.8) is 0 Å². The zero-order valence-electron chi connectivity index (χ0n) is 12.2. The lowest BCUT2D eigenvalue weighted by atomic mass is 9.95. The summed E-state index contributed by atoms with van der Waals surface area (Å²) < 4.78 is 15.8. The van der Waals surface area contributed by atoms with E-state index in [1.165, 1.54) is 0 Å². The van der Waals surface area contributed by atoms with Crippen molar-refractivity contribution in [2.45, 2.75) is 38.5 Å². The largest absolute Gasteiger partial charge is 0.366 e. The number of carbonyl (C=O) groups is 1. The standard InChI is InChI=1S/C11H25N2O4P3/c1-11(2)13(3)9(7-15-11)6-8(4-5-16-18)10(14)12-17-20-19/h8-9,20H,4-7,18-19H2,1-3H3,(H,12,14). The van der Waals surface area contributed by atoms with Gasteiger partial charge in [0.15, 0.2) is 0 Å². The van der Waals surface area contributed by atoms with Gasteiger partial charge in [0.2, 0.25) is 5.91 Å². The molecule has 1 rings (SSSR count). The SMILES string of the molecule is CN1C(CC(CCOP)C(=O)NOPP)COC1(C)C. The first-order chi connectivity index (χ1) is 9.42. The highest BCUT2D eigenvalue weighted by Crippen LogP contribution is 2.29. The number of ether oxygens (including phenoxy) is 1. The second-order valence-electron chi connectivity index (χ2n) is 5.30. The van der Waals surface area contributed by atoms with Gasteiger partial charge in [-0.25, -0.2) is 5.48 Å². The molecule has 1 heterocycles. The molecular formula is C11H25N2O4P3. The summed E-state index contributed by atoms with van der Waals surface area (Å²) in [7, 11) is 6.82. The topological polar surface area (TPSA) is 60.0 Å². The monoisotopic (exact) mass is 342 g/mol. The van der Waals surface area contributed by atoms with Crippen LogP contribution in [0.4, 0.5) is 0 Å². The smallest absolute Gasteiger partial charge is 0.247 e. The van der Waals surface area contributed by atoms with Crippen molar-refractivity contribution in [3.05, 3.63) is 0 Å². The second kappa shape index (κ2) is 8.90. The Balaban J connectivity index is 2.58. The average molecular weight is 342 g/mol. The van der Waals surface area contributed by atoms with Crippen LogP contribution in [0, 0.1) is 5.92 Å². The molecule has 0 bridgehead atoms. The minimum atomic E-state index is -0.277. The van der Waals surface area contributed by atoms with Crippen LogP contribution in [-0.2, 0) is 18.7 Å². The maximum atomic E-state index is 12.1. The molecule has 0 aromatic heterocycles. The molecule has 1 aliphatic heterocycles. The van der Waals surface area contributed by atoms with Gasteiger partial charge in [0.25, 0.3) is 0 Å². The lowest BCUT2D eigenvalue weighted by molar-refractivity contribution is -0.132. The first-order valence-electron chi connectivity index (χ1n) is 6.52. The summed E-state index contributed by atoms with van der Waals surface area (Å²) in [5.41, 5.74) is 2.20. The Morgan fingerprint density at radius 1 is 1.65 bits per heavy atom. The molecule has 1 fully saturated rings. The van der Waals surface area contributed by atoms with E-state index in [0.29, 0.717) is 19.6 Å². The number of amides is 1. The van der Waals surface area contributed by atoms with E-state index in [1.807, 2.05) is 20.9 Å². The van der Waals surface area contributed by atoms with Gasteiger partial charge in [-0.15, -0.1) is 0 Å². The van der Waals surface area contributed by atoms with Crippen LogP contribution in [0.25, 0.3) is 0 Å². The number of rotatable bonds is 8. The van der Waals surface area contributed by atoms with Gasteiger partial charge >= 0.3 is 0 Å². The minimum Gasteiger partial charge on any atom is -0.366 e. The van der Waals surface area contributed by atoms with Gasteiger partial charge in [-0.1, -0.05) is 8.93 Å². The van der Waals surface area contributed by atoms with Crippen LogP contribution in [0.1, 0.15) is 26.7 Å². The molecule has 6 nitrogen and oxygen atoms in total. The summed E-state index contributed by atoms with van der Waals surface area (Å²) in [6, 6.07) is 0.226. The van der Waals surface area contributed by atoms with Gasteiger partial charge in [-0.05, 0) is 33.7 Å². The predicted octanol–water partition coefficient (Wildman–Crippen LogP) is 1.69. The summed E-state index contributed by atoms with van der Waals surface area (Å²) in [5.74, 6) is -0.248. The number of likely N-dealkylation sites (N-methyl/N-ethyl adjacent to an activating group) is 1. The van der Waals surface area contributed by atoms with Gasteiger partial charge in [-0.3, -0.25) is 14.3 Å². The van der Waals surface area contributed by atoms with E-state index in [2.05, 4.69) is 28.8 Å². The van der Waals surface area contributed by atoms with Crippen LogP contribution in [0.3, 0.4) is 0 Å². The fraction of sp³-hybridized carbons (Fsp3) is 0.909. The van der Waals surface area contributed by atoms with Crippen molar-refractivity contribution in [1.29, 1.82) is 0 Å². The van der Waals surface area contributed by atoms with Crippen molar-refractivity contribution in [2.75, 3.05) is 20.3 Å². The van der Waals surface area contributed by atoms with Gasteiger partial charge in [0.05, 0.1) is 21.7 Å². The number of nitrogens with one attached hydrogen (secondary N) is 1. The zero-order valence-corrected chi connectivity index (χ0v) is 15.5. The van der Waals surface area contributed by atoms with E-state index in [9.17, 15) is 4.79 Å². The van der Waals surface area contributed by atoms with E-state index in [-0.39, 0.29) is 32.1 Å². The molecule has 1 saturated heterocycles. The fourth-order valence-corrected chi connectivity index (χ4v) is 2.71. The van der Waals surface area contributed by atoms with Gasteiger partial charge < -0.3 is 9.26 Å². The highest BCUT2D eigenvalue weighted by molar-refractivity contribution is 8.00. The van der Waals surface area contributed by atoms with Crippen molar-refractivity contribution in [1.82, 2.24) is 10.4 Å². The van der Waals surface area contributed by atoms with E-state index >= 15 is 0 Å². The predicted molar refractivity (Wildman–Crippen MR) is 87.2 cm³/mol. The third-order valence-electron chi connectivity index (χ3n) is 3.75. The van der Waals surface area contributed by atoms with Crippen molar-refractivity contribution < 1.29 is 18.7 Å². The van der Waals surface area contributed by atoms with Crippen LogP contribution < -0.4 is 5.48 Å². The van der Waals surface area contributed by atoms with Gasteiger partial charge in [-0.2, -0.15) is 0 Å². The molecule has 118 valence electrons. The minimum absolute atomic E-state index is 0.0971. The first-order valence-corrected chi connectivity index (χ1v) is 9.71. The molecule has 1 N–H and O–H groups in total. The lowest BCUT2D eigenvalue weighted by Gasteiger charge is -2.30. The molecule has 1 aliphatic rings. The van der Waals surface area contributed by atoms with Crippen LogP contribution in [-0.4, -0.2) is 42.8 Å². The summed E-state index contributed by atoms with van der Waals surface area (Å²) in [4.78, 5) is 14.3. The molecule has 0 spiro atoms. The van der Waals surface area contributed by atoms with Crippen molar-refractivity contribution in [2.24, 2.45) is 5.92 Å².